The smallest absolute Gasteiger partial charge is 0.281 e. The molecule has 11 nitrogen and oxygen atoms in total. The molecular formula is C28H36ClN9O2S. The Morgan fingerprint density at radius 2 is 1.85 bits per heavy atom. The number of halogens is 1. The molecule has 0 radical (unpaired) electrons. The molecule has 0 aliphatic carbocycles. The SMILES string of the molecule is CSNC(=O)c1nc(Cl)ccc1NC(C)c1cc(C)cc2c(=O)n(C)c(N(C)CCCN(C)c3ccn(C)n3)nc12. The van der Waals surface area contributed by atoms with Crippen LogP contribution in [-0.4, -0.2) is 63.7 Å². The molecule has 0 spiro atoms. The average Bonchev–Trinajstić information content (AvgIpc) is 3.37. The zero-order valence-electron chi connectivity index (χ0n) is 24.4. The van der Waals surface area contributed by atoms with Gasteiger partial charge >= 0.3 is 0 Å². The molecule has 41 heavy (non-hydrogen) atoms. The molecule has 4 rings (SSSR count). The zero-order chi connectivity index (χ0) is 29.8. The van der Waals surface area contributed by atoms with E-state index in [1.54, 1.807) is 34.7 Å². The van der Waals surface area contributed by atoms with Crippen molar-refractivity contribution in [2.24, 2.45) is 14.1 Å². The summed E-state index contributed by atoms with van der Waals surface area (Å²) in [6, 6.07) is 8.93. The first-order valence-corrected chi connectivity index (χ1v) is 14.8. The highest BCUT2D eigenvalue weighted by atomic mass is 35.5. The van der Waals surface area contributed by atoms with E-state index in [0.717, 1.165) is 29.9 Å². The topological polar surface area (TPSA) is 113 Å². The number of nitrogens with one attached hydrogen (secondary N) is 2. The summed E-state index contributed by atoms with van der Waals surface area (Å²) in [5.41, 5.74) is 3.00. The highest BCUT2D eigenvalue weighted by Gasteiger charge is 2.21. The van der Waals surface area contributed by atoms with Crippen molar-refractivity contribution >= 4 is 57.8 Å². The van der Waals surface area contributed by atoms with Crippen molar-refractivity contribution in [1.82, 2.24) is 29.0 Å². The minimum absolute atomic E-state index is 0.118. The number of carbonyl (C=O) groups excluding carboxylic acids is 1. The lowest BCUT2D eigenvalue weighted by atomic mass is 10.0. The molecule has 0 aliphatic heterocycles. The van der Waals surface area contributed by atoms with Gasteiger partial charge in [-0.2, -0.15) is 5.10 Å². The van der Waals surface area contributed by atoms with Crippen LogP contribution in [-0.2, 0) is 14.1 Å². The summed E-state index contributed by atoms with van der Waals surface area (Å²) in [4.78, 5) is 39.5. The van der Waals surface area contributed by atoms with Gasteiger partial charge in [-0.1, -0.05) is 29.6 Å². The standard InChI is InChI=1S/C28H36ClN9O2S/c1-17-15-19(18(2)30-21-9-10-22(29)31-25(21)26(39)34-41-7)24-20(16-17)27(40)38(6)28(32-24)36(4)13-8-12-35(3)23-11-14-37(5)33-23/h9-11,14-16,18,30H,8,12-13H2,1-7H3,(H,34,39). The van der Waals surface area contributed by atoms with Crippen molar-refractivity contribution < 1.29 is 4.79 Å². The summed E-state index contributed by atoms with van der Waals surface area (Å²) in [7, 11) is 7.61. The van der Waals surface area contributed by atoms with Crippen LogP contribution in [0.5, 0.6) is 0 Å². The molecule has 0 fully saturated rings. The molecule has 1 aromatic carbocycles. The average molecular weight is 598 g/mol. The van der Waals surface area contributed by atoms with Crippen molar-refractivity contribution in [2.75, 3.05) is 48.6 Å². The number of benzene rings is 1. The highest BCUT2D eigenvalue weighted by molar-refractivity contribution is 7.97. The van der Waals surface area contributed by atoms with Crippen LogP contribution in [0.1, 0.15) is 41.0 Å². The van der Waals surface area contributed by atoms with Gasteiger partial charge in [0.2, 0.25) is 5.95 Å². The summed E-state index contributed by atoms with van der Waals surface area (Å²) < 4.78 is 6.08. The number of aryl methyl sites for hydroxylation is 2. The Hall–Kier alpha value is -3.77. The number of fused-ring (bicyclic) bond motifs is 1. The molecule has 0 aliphatic rings. The van der Waals surface area contributed by atoms with Crippen LogP contribution in [0.2, 0.25) is 5.15 Å². The number of hydrogen-bond acceptors (Lipinski definition) is 9. The second kappa shape index (κ2) is 12.8. The molecule has 0 saturated carbocycles. The molecule has 1 atom stereocenters. The minimum atomic E-state index is -0.353. The van der Waals surface area contributed by atoms with Crippen LogP contribution >= 0.6 is 23.5 Å². The molecule has 3 heterocycles. The number of aromatic nitrogens is 5. The number of hydrogen-bond donors (Lipinski definition) is 2. The van der Waals surface area contributed by atoms with Gasteiger partial charge in [0.1, 0.15) is 11.0 Å². The van der Waals surface area contributed by atoms with Gasteiger partial charge in [-0.3, -0.25) is 23.6 Å². The Balaban J connectivity index is 1.63. The van der Waals surface area contributed by atoms with E-state index < -0.39 is 0 Å². The lowest BCUT2D eigenvalue weighted by Crippen LogP contribution is -2.31. The van der Waals surface area contributed by atoms with Crippen LogP contribution < -0.4 is 25.4 Å². The van der Waals surface area contributed by atoms with Gasteiger partial charge in [0.25, 0.3) is 11.5 Å². The predicted octanol–water partition coefficient (Wildman–Crippen LogP) is 4.17. The molecule has 0 saturated heterocycles. The number of carbonyl (C=O) groups is 1. The predicted molar refractivity (Wildman–Crippen MR) is 168 cm³/mol. The molecule has 2 N–H and O–H groups in total. The van der Waals surface area contributed by atoms with E-state index in [9.17, 15) is 9.59 Å². The number of rotatable bonds is 11. The Kier molecular flexibility index (Phi) is 9.44. The molecule has 0 bridgehead atoms. The first kappa shape index (κ1) is 30.2. The molecule has 3 aromatic heterocycles. The van der Waals surface area contributed by atoms with E-state index in [1.807, 2.05) is 64.3 Å². The van der Waals surface area contributed by atoms with Gasteiger partial charge < -0.3 is 15.1 Å². The summed E-state index contributed by atoms with van der Waals surface area (Å²) in [6.45, 7) is 5.42. The van der Waals surface area contributed by atoms with Gasteiger partial charge in [-0.15, -0.1) is 0 Å². The van der Waals surface area contributed by atoms with Crippen molar-refractivity contribution in [2.45, 2.75) is 26.3 Å². The summed E-state index contributed by atoms with van der Waals surface area (Å²) in [6.07, 6.45) is 4.53. The van der Waals surface area contributed by atoms with E-state index in [4.69, 9.17) is 16.6 Å². The maximum atomic E-state index is 13.5. The van der Waals surface area contributed by atoms with Gasteiger partial charge in [0, 0.05) is 65.4 Å². The largest absolute Gasteiger partial charge is 0.377 e. The van der Waals surface area contributed by atoms with E-state index in [1.165, 1.54) is 11.9 Å². The Morgan fingerprint density at radius 1 is 1.12 bits per heavy atom. The van der Waals surface area contributed by atoms with Gasteiger partial charge in [-0.05, 0) is 44.0 Å². The fourth-order valence-corrected chi connectivity index (χ4v) is 5.19. The maximum absolute atomic E-state index is 13.5. The second-order valence-electron chi connectivity index (χ2n) is 10.1. The van der Waals surface area contributed by atoms with Crippen LogP contribution in [0.25, 0.3) is 10.9 Å². The van der Waals surface area contributed by atoms with Crippen molar-refractivity contribution in [1.29, 1.82) is 0 Å². The molecule has 1 amide bonds. The maximum Gasteiger partial charge on any atom is 0.281 e. The molecule has 13 heteroatoms. The van der Waals surface area contributed by atoms with E-state index in [-0.39, 0.29) is 28.4 Å². The molecular weight excluding hydrogens is 562 g/mol. The van der Waals surface area contributed by atoms with Gasteiger partial charge in [-0.25, -0.2) is 9.97 Å². The van der Waals surface area contributed by atoms with E-state index in [0.29, 0.717) is 29.1 Å². The quantitative estimate of drug-likeness (QED) is 0.194. The van der Waals surface area contributed by atoms with E-state index >= 15 is 0 Å². The molecule has 218 valence electrons. The van der Waals surface area contributed by atoms with Crippen LogP contribution in [0.15, 0.2) is 41.3 Å². The number of nitrogens with zero attached hydrogens (tertiary/aromatic N) is 7. The van der Waals surface area contributed by atoms with Crippen molar-refractivity contribution in [3.8, 4) is 0 Å². The van der Waals surface area contributed by atoms with Crippen molar-refractivity contribution in [3.63, 3.8) is 0 Å². The summed E-state index contributed by atoms with van der Waals surface area (Å²) in [5.74, 6) is 1.14. The second-order valence-corrected chi connectivity index (χ2v) is 11.1. The third-order valence-electron chi connectivity index (χ3n) is 6.86. The monoisotopic (exact) mass is 597 g/mol. The summed E-state index contributed by atoms with van der Waals surface area (Å²) in [5, 5.41) is 8.60. The van der Waals surface area contributed by atoms with Crippen LogP contribution in [0, 0.1) is 6.92 Å². The first-order valence-electron chi connectivity index (χ1n) is 13.2. The number of pyridine rings is 1. The van der Waals surface area contributed by atoms with Gasteiger partial charge in [0.15, 0.2) is 5.69 Å². The first-order chi connectivity index (χ1) is 19.5. The third kappa shape index (κ3) is 6.76. The lowest BCUT2D eigenvalue weighted by molar-refractivity contribution is 0.0980. The minimum Gasteiger partial charge on any atom is -0.377 e. The highest BCUT2D eigenvalue weighted by Crippen LogP contribution is 2.29. The Labute approximate surface area is 249 Å². The normalized spacial score (nSPS) is 11.9. The summed E-state index contributed by atoms with van der Waals surface area (Å²) >= 11 is 7.28. The molecule has 1 unspecified atom stereocenters. The molecule has 4 aromatic rings. The number of amides is 1. The lowest BCUT2D eigenvalue weighted by Gasteiger charge is -2.24. The van der Waals surface area contributed by atoms with E-state index in [2.05, 4.69) is 25.0 Å². The van der Waals surface area contributed by atoms with Crippen LogP contribution in [0.3, 0.4) is 0 Å². The van der Waals surface area contributed by atoms with Crippen LogP contribution in [0.4, 0.5) is 17.5 Å². The zero-order valence-corrected chi connectivity index (χ0v) is 26.0. The Bertz CT molecular complexity index is 1620. The van der Waals surface area contributed by atoms with Gasteiger partial charge in [0.05, 0.1) is 22.6 Å². The third-order valence-corrected chi connectivity index (χ3v) is 7.46. The fraction of sp³-hybridized carbons (Fsp3) is 0.393. The fourth-order valence-electron chi connectivity index (χ4n) is 4.76. The number of anilines is 3. The Morgan fingerprint density at radius 3 is 2.54 bits per heavy atom. The van der Waals surface area contributed by atoms with Crippen molar-refractivity contribution in [3.05, 3.63) is 68.9 Å².